The Morgan fingerprint density at radius 2 is 1.96 bits per heavy atom. The number of nitrogens with one attached hydrogen (secondary N) is 1. The zero-order chi connectivity index (χ0) is 19.2. The largest absolute Gasteiger partial charge is 0.489 e. The van der Waals surface area contributed by atoms with Crippen LogP contribution < -0.4 is 10.2 Å². The monoisotopic (exact) mass is 402 g/mol. The maximum Gasteiger partial charge on any atom is 0.253 e. The minimum atomic E-state index is -0.348. The molecule has 0 saturated carbocycles. The number of amides is 1. The fraction of sp³-hybridized carbons (Fsp3) is 0.368. The van der Waals surface area contributed by atoms with E-state index in [1.807, 2.05) is 55.9 Å². The van der Waals surface area contributed by atoms with Crippen LogP contribution in [0.25, 0.3) is 0 Å². The molecule has 1 atom stereocenters. The number of benzene rings is 1. The zero-order valence-electron chi connectivity index (χ0n) is 15.5. The molecule has 1 unspecified atom stereocenters. The molecular weight excluding hydrogens is 380 g/mol. The average molecular weight is 403 g/mol. The molecule has 1 aromatic carbocycles. The zero-order valence-corrected chi connectivity index (χ0v) is 17.1. The van der Waals surface area contributed by atoms with Crippen LogP contribution in [0, 0.1) is 13.8 Å². The second-order valence-electron chi connectivity index (χ2n) is 6.27. The van der Waals surface area contributed by atoms with Gasteiger partial charge >= 0.3 is 0 Å². The predicted molar refractivity (Wildman–Crippen MR) is 111 cm³/mol. The van der Waals surface area contributed by atoms with Gasteiger partial charge in [-0.2, -0.15) is 16.9 Å². The average Bonchev–Trinajstić information content (AvgIpc) is 2.58. The molecule has 1 fully saturated rings. The Balaban J connectivity index is 1.48. The van der Waals surface area contributed by atoms with Crippen LogP contribution in [0.2, 0.25) is 0 Å². The number of hydrogen-bond donors (Lipinski definition) is 1. The topological polar surface area (TPSA) is 76.5 Å². The van der Waals surface area contributed by atoms with Crippen LogP contribution in [0.4, 0.5) is 0 Å². The summed E-state index contributed by atoms with van der Waals surface area (Å²) in [6.45, 7) is 5.63. The van der Waals surface area contributed by atoms with Gasteiger partial charge in [-0.05, 0) is 56.7 Å². The molecule has 6 nitrogen and oxygen atoms in total. The van der Waals surface area contributed by atoms with Crippen molar-refractivity contribution in [2.45, 2.75) is 37.3 Å². The number of hydrogen-bond acceptors (Lipinski definition) is 7. The minimum absolute atomic E-state index is 0.193. The lowest BCUT2D eigenvalue weighted by atomic mass is 10.2. The quantitative estimate of drug-likeness (QED) is 0.332. The summed E-state index contributed by atoms with van der Waals surface area (Å²) in [7, 11) is 0. The molecule has 1 aliphatic rings. The van der Waals surface area contributed by atoms with Gasteiger partial charge in [0.1, 0.15) is 11.9 Å². The van der Waals surface area contributed by atoms with E-state index < -0.39 is 0 Å². The van der Waals surface area contributed by atoms with Gasteiger partial charge in [-0.3, -0.25) is 4.79 Å². The molecule has 27 heavy (non-hydrogen) atoms. The third kappa shape index (κ3) is 5.97. The van der Waals surface area contributed by atoms with Crippen LogP contribution in [0.5, 0.6) is 5.75 Å². The van der Waals surface area contributed by atoms with Crippen molar-refractivity contribution in [2.24, 2.45) is 5.10 Å². The first-order valence-corrected chi connectivity index (χ1v) is 10.7. The summed E-state index contributed by atoms with van der Waals surface area (Å²) in [6, 6.07) is 9.57. The number of hydrazone groups is 1. The van der Waals surface area contributed by atoms with Crippen molar-refractivity contribution < 1.29 is 9.53 Å². The number of carbonyl (C=O) groups excluding carboxylic acids is 1. The molecule has 0 spiro atoms. The Hall–Kier alpha value is -2.06. The van der Waals surface area contributed by atoms with E-state index >= 15 is 0 Å². The molecular formula is C19H22N4O2S2. The van der Waals surface area contributed by atoms with Gasteiger partial charge in [-0.1, -0.05) is 11.8 Å². The number of thioether (sulfide) groups is 2. The van der Waals surface area contributed by atoms with Crippen molar-refractivity contribution in [3.8, 4) is 5.75 Å². The normalized spacial score (nSPS) is 15.4. The van der Waals surface area contributed by atoms with Gasteiger partial charge in [-0.25, -0.2) is 15.4 Å². The summed E-state index contributed by atoms with van der Waals surface area (Å²) in [6.07, 6.45) is 1.94. The number of aromatic nitrogens is 2. The Morgan fingerprint density at radius 3 is 2.56 bits per heavy atom. The molecule has 2 heterocycles. The second kappa shape index (κ2) is 9.23. The highest BCUT2D eigenvalue weighted by molar-refractivity contribution is 8.00. The maximum atomic E-state index is 12.2. The Bertz CT molecular complexity index is 803. The van der Waals surface area contributed by atoms with Gasteiger partial charge in [0, 0.05) is 22.9 Å². The fourth-order valence-corrected chi connectivity index (χ4v) is 3.76. The first-order valence-electron chi connectivity index (χ1n) is 8.66. The van der Waals surface area contributed by atoms with Crippen molar-refractivity contribution in [1.82, 2.24) is 15.4 Å². The number of nitrogens with zero attached hydrogens (tertiary/aromatic N) is 3. The molecule has 142 valence electrons. The van der Waals surface area contributed by atoms with E-state index in [-0.39, 0.29) is 11.2 Å². The van der Waals surface area contributed by atoms with Crippen molar-refractivity contribution in [1.29, 1.82) is 0 Å². The van der Waals surface area contributed by atoms with E-state index in [1.54, 1.807) is 13.1 Å². The van der Waals surface area contributed by atoms with Crippen molar-refractivity contribution in [2.75, 3.05) is 11.5 Å². The second-order valence-corrected chi connectivity index (χ2v) is 8.66. The molecule has 1 amide bonds. The maximum absolute atomic E-state index is 12.2. The highest BCUT2D eigenvalue weighted by Gasteiger charge is 2.19. The lowest BCUT2D eigenvalue weighted by Gasteiger charge is -2.25. The van der Waals surface area contributed by atoms with Crippen LogP contribution in [0.15, 0.2) is 40.6 Å². The highest BCUT2D eigenvalue weighted by atomic mass is 32.2. The molecule has 8 heteroatoms. The first-order chi connectivity index (χ1) is 13.0. The van der Waals surface area contributed by atoms with Crippen LogP contribution in [-0.2, 0) is 4.79 Å². The van der Waals surface area contributed by atoms with E-state index in [4.69, 9.17) is 4.74 Å². The number of rotatable bonds is 7. The highest BCUT2D eigenvalue weighted by Crippen LogP contribution is 2.24. The van der Waals surface area contributed by atoms with Crippen molar-refractivity contribution >= 4 is 35.6 Å². The third-order valence-corrected chi connectivity index (χ3v) is 5.97. The van der Waals surface area contributed by atoms with Crippen molar-refractivity contribution in [3.63, 3.8) is 0 Å². The Kier molecular flexibility index (Phi) is 6.73. The Labute approximate surface area is 167 Å². The van der Waals surface area contributed by atoms with Gasteiger partial charge in [0.25, 0.3) is 5.91 Å². The van der Waals surface area contributed by atoms with Gasteiger partial charge in [0.2, 0.25) is 0 Å². The fourth-order valence-electron chi connectivity index (χ4n) is 2.33. The van der Waals surface area contributed by atoms with Gasteiger partial charge < -0.3 is 4.74 Å². The molecule has 1 N–H and O–H groups in total. The lowest BCUT2D eigenvalue weighted by molar-refractivity contribution is -0.120. The molecule has 0 aliphatic carbocycles. The van der Waals surface area contributed by atoms with Gasteiger partial charge in [-0.15, -0.1) is 0 Å². The summed E-state index contributed by atoms with van der Waals surface area (Å²) < 4.78 is 5.80. The van der Waals surface area contributed by atoms with E-state index in [1.165, 1.54) is 11.8 Å². The van der Waals surface area contributed by atoms with Crippen LogP contribution in [0.3, 0.4) is 0 Å². The lowest BCUT2D eigenvalue weighted by Crippen LogP contribution is -2.30. The molecule has 1 aliphatic heterocycles. The molecule has 0 radical (unpaired) electrons. The minimum Gasteiger partial charge on any atom is -0.489 e. The van der Waals surface area contributed by atoms with Gasteiger partial charge in [0.05, 0.1) is 11.5 Å². The molecule has 1 aromatic heterocycles. The van der Waals surface area contributed by atoms with Crippen molar-refractivity contribution in [3.05, 3.63) is 47.3 Å². The molecule has 3 rings (SSSR count). The summed E-state index contributed by atoms with van der Waals surface area (Å²) in [4.78, 5) is 20.9. The first kappa shape index (κ1) is 19.7. The number of ether oxygens (including phenoxy) is 1. The number of aryl methyl sites for hydroxylation is 2. The van der Waals surface area contributed by atoms with E-state index in [2.05, 4.69) is 20.5 Å². The summed E-state index contributed by atoms with van der Waals surface area (Å²) >= 11 is 3.20. The van der Waals surface area contributed by atoms with E-state index in [0.717, 1.165) is 34.2 Å². The molecule has 0 bridgehead atoms. The standard InChI is InChI=1S/C19H22N4O2S2/c1-12-8-13(2)22-19(21-12)27-14(3)18(24)23-20-9-15-4-6-16(7-5-15)25-17-10-26-11-17/h4-9,14,17H,10-11H2,1-3H3,(H,23,24)/b20-9+. The van der Waals surface area contributed by atoms with Crippen LogP contribution in [0.1, 0.15) is 23.9 Å². The Morgan fingerprint density at radius 1 is 1.30 bits per heavy atom. The van der Waals surface area contributed by atoms with E-state index in [0.29, 0.717) is 11.3 Å². The molecule has 1 saturated heterocycles. The predicted octanol–water partition coefficient (Wildman–Crippen LogP) is 3.22. The van der Waals surface area contributed by atoms with Gasteiger partial charge in [0.15, 0.2) is 5.16 Å². The molecule has 2 aromatic rings. The number of carbonyl (C=O) groups is 1. The van der Waals surface area contributed by atoms with Crippen LogP contribution in [-0.4, -0.2) is 44.9 Å². The van der Waals surface area contributed by atoms with Crippen LogP contribution >= 0.6 is 23.5 Å². The summed E-state index contributed by atoms with van der Waals surface area (Å²) in [5, 5.41) is 4.28. The smallest absolute Gasteiger partial charge is 0.253 e. The summed E-state index contributed by atoms with van der Waals surface area (Å²) in [5.41, 5.74) is 5.23. The summed E-state index contributed by atoms with van der Waals surface area (Å²) in [5.74, 6) is 2.78. The van der Waals surface area contributed by atoms with E-state index in [9.17, 15) is 4.79 Å². The SMILES string of the molecule is Cc1cc(C)nc(SC(C)C(=O)N/N=C/c2ccc(OC3CSC3)cc2)n1. The third-order valence-electron chi connectivity index (χ3n) is 3.79.